The minimum atomic E-state index is -0.935. The van der Waals surface area contributed by atoms with Crippen LogP contribution in [0.4, 0.5) is 10.3 Å². The lowest BCUT2D eigenvalue weighted by molar-refractivity contribution is 0.0241. The number of aryl methyl sites for hydroxylation is 1. The summed E-state index contributed by atoms with van der Waals surface area (Å²) in [5.41, 5.74) is -0.00621. The number of nitrogens with zero attached hydrogens (tertiary/aromatic N) is 4. The van der Waals surface area contributed by atoms with Gasteiger partial charge < -0.3 is 14.7 Å². The summed E-state index contributed by atoms with van der Waals surface area (Å²) >= 11 is 1.56. The van der Waals surface area contributed by atoms with E-state index in [1.807, 2.05) is 6.92 Å². The van der Waals surface area contributed by atoms with Gasteiger partial charge >= 0.3 is 0 Å². The van der Waals surface area contributed by atoms with Crippen molar-refractivity contribution in [2.45, 2.75) is 38.2 Å². The minimum absolute atomic E-state index is 0.278. The molecule has 3 heterocycles. The van der Waals surface area contributed by atoms with Crippen LogP contribution in [0.3, 0.4) is 0 Å². The molecule has 6 nitrogen and oxygen atoms in total. The third-order valence-corrected chi connectivity index (χ3v) is 6.76. The van der Waals surface area contributed by atoms with E-state index in [0.717, 1.165) is 28.5 Å². The van der Waals surface area contributed by atoms with E-state index in [4.69, 9.17) is 9.72 Å². The molecule has 158 valence electrons. The fourth-order valence-corrected chi connectivity index (χ4v) is 4.83. The molecule has 0 bridgehead atoms. The van der Waals surface area contributed by atoms with Crippen LogP contribution in [0, 0.1) is 12.7 Å². The van der Waals surface area contributed by atoms with Crippen LogP contribution >= 0.6 is 11.3 Å². The summed E-state index contributed by atoms with van der Waals surface area (Å²) in [7, 11) is 0. The quantitative estimate of drug-likeness (QED) is 0.643. The molecule has 1 aromatic carbocycles. The molecule has 0 unspecified atom stereocenters. The van der Waals surface area contributed by atoms with E-state index < -0.39 is 5.60 Å². The van der Waals surface area contributed by atoms with Crippen LogP contribution in [0.1, 0.15) is 34.8 Å². The molecule has 3 aromatic rings. The third kappa shape index (κ3) is 4.76. The van der Waals surface area contributed by atoms with Crippen molar-refractivity contribution in [3.63, 3.8) is 0 Å². The van der Waals surface area contributed by atoms with Gasteiger partial charge in [-0.25, -0.2) is 19.3 Å². The average Bonchev–Trinajstić information content (AvgIpc) is 3.01. The van der Waals surface area contributed by atoms with E-state index in [1.165, 1.54) is 12.1 Å². The van der Waals surface area contributed by atoms with Crippen LogP contribution in [0.25, 0.3) is 0 Å². The van der Waals surface area contributed by atoms with Crippen molar-refractivity contribution in [1.29, 1.82) is 0 Å². The van der Waals surface area contributed by atoms with Gasteiger partial charge in [0.25, 0.3) is 0 Å². The summed E-state index contributed by atoms with van der Waals surface area (Å²) in [6, 6.07) is 7.82. The highest BCUT2D eigenvalue weighted by atomic mass is 32.1. The van der Waals surface area contributed by atoms with Crippen LogP contribution in [0.15, 0.2) is 42.7 Å². The van der Waals surface area contributed by atoms with Crippen LogP contribution in [-0.4, -0.2) is 39.8 Å². The van der Waals surface area contributed by atoms with Crippen molar-refractivity contribution >= 4 is 17.3 Å². The zero-order valence-corrected chi connectivity index (χ0v) is 17.7. The lowest BCUT2D eigenvalue weighted by atomic mass is 9.96. The Morgan fingerprint density at radius 3 is 2.70 bits per heavy atom. The van der Waals surface area contributed by atoms with E-state index in [-0.39, 0.29) is 5.82 Å². The van der Waals surface area contributed by atoms with Crippen molar-refractivity contribution in [2.24, 2.45) is 0 Å². The Hall–Kier alpha value is -2.58. The highest BCUT2D eigenvalue weighted by Crippen LogP contribution is 2.37. The maximum Gasteiger partial charge on any atom is 0.225 e. The van der Waals surface area contributed by atoms with Crippen LogP contribution in [-0.2, 0) is 12.0 Å². The molecule has 0 aliphatic carbocycles. The monoisotopic (exact) mass is 428 g/mol. The topological polar surface area (TPSA) is 71.4 Å². The Kier molecular flexibility index (Phi) is 6.24. The summed E-state index contributed by atoms with van der Waals surface area (Å²) < 4.78 is 18.7. The molecule has 1 fully saturated rings. The van der Waals surface area contributed by atoms with Crippen molar-refractivity contribution in [3.8, 4) is 5.75 Å². The second-order valence-corrected chi connectivity index (χ2v) is 8.58. The fraction of sp³-hybridized carbons (Fsp3) is 0.409. The number of benzene rings is 1. The number of rotatable bonds is 6. The summed E-state index contributed by atoms with van der Waals surface area (Å²) in [4.78, 5) is 16.6. The Bertz CT molecular complexity index is 967. The number of thiazole rings is 1. The lowest BCUT2D eigenvalue weighted by Crippen LogP contribution is -2.30. The number of anilines is 1. The Morgan fingerprint density at radius 1 is 1.17 bits per heavy atom. The number of halogens is 1. The molecular weight excluding hydrogens is 403 g/mol. The molecule has 8 heteroatoms. The maximum atomic E-state index is 13.0. The number of aromatic nitrogens is 3. The van der Waals surface area contributed by atoms with E-state index in [1.54, 1.807) is 41.9 Å². The molecule has 0 radical (unpaired) electrons. The second-order valence-electron chi connectivity index (χ2n) is 7.50. The lowest BCUT2D eigenvalue weighted by Gasteiger charge is -2.24. The minimum Gasteiger partial charge on any atom is -0.493 e. The fourth-order valence-electron chi connectivity index (χ4n) is 3.64. The van der Waals surface area contributed by atoms with Gasteiger partial charge in [-0.2, -0.15) is 0 Å². The first-order valence-electron chi connectivity index (χ1n) is 10.1. The van der Waals surface area contributed by atoms with E-state index >= 15 is 0 Å². The predicted molar refractivity (Wildman–Crippen MR) is 114 cm³/mol. The molecule has 1 atom stereocenters. The molecule has 1 N–H and O–H groups in total. The molecule has 4 rings (SSSR count). The smallest absolute Gasteiger partial charge is 0.225 e. The second kappa shape index (κ2) is 9.06. The molecule has 1 aliphatic heterocycles. The van der Waals surface area contributed by atoms with Crippen molar-refractivity contribution in [2.75, 3.05) is 24.6 Å². The van der Waals surface area contributed by atoms with Crippen molar-refractivity contribution in [3.05, 3.63) is 64.1 Å². The third-order valence-electron chi connectivity index (χ3n) is 5.35. The van der Waals surface area contributed by atoms with Crippen molar-refractivity contribution in [1.82, 2.24) is 15.0 Å². The van der Waals surface area contributed by atoms with Gasteiger partial charge in [0.15, 0.2) is 0 Å². The first-order valence-corrected chi connectivity index (χ1v) is 10.9. The summed E-state index contributed by atoms with van der Waals surface area (Å²) in [6.45, 7) is 3.94. The molecule has 1 aliphatic rings. The SMILES string of the molecule is Cc1nc([C@]2(O)CCCN(c3ncccn3)CC2)sc1CCOc1ccc(F)cc1. The van der Waals surface area contributed by atoms with Gasteiger partial charge in [0, 0.05) is 43.2 Å². The first kappa shape index (κ1) is 20.7. The van der Waals surface area contributed by atoms with Gasteiger partial charge in [-0.05, 0) is 50.1 Å². The van der Waals surface area contributed by atoms with Gasteiger partial charge in [0.1, 0.15) is 22.2 Å². The maximum absolute atomic E-state index is 13.0. The standard InChI is InChI=1S/C22H25FN4O2S/c1-16-19(8-15-29-18-6-4-17(23)5-7-18)30-20(26-16)22(28)9-2-13-27(14-10-22)21-24-11-3-12-25-21/h3-7,11-12,28H,2,8-10,13-15H2,1H3/t22-/m0/s1. The summed E-state index contributed by atoms with van der Waals surface area (Å²) in [6.07, 6.45) is 6.27. The number of hydrogen-bond donors (Lipinski definition) is 1. The zero-order chi connectivity index (χ0) is 21.0. The largest absolute Gasteiger partial charge is 0.493 e. The molecule has 0 amide bonds. The molecule has 30 heavy (non-hydrogen) atoms. The zero-order valence-electron chi connectivity index (χ0n) is 16.9. The van der Waals surface area contributed by atoms with E-state index in [0.29, 0.717) is 44.1 Å². The van der Waals surface area contributed by atoms with Crippen LogP contribution in [0.5, 0.6) is 5.75 Å². The molecular formula is C22H25FN4O2S. The number of hydrogen-bond acceptors (Lipinski definition) is 7. The Balaban J connectivity index is 1.39. The predicted octanol–water partition coefficient (Wildman–Crippen LogP) is 3.88. The normalized spacial score (nSPS) is 19.5. The molecule has 1 saturated heterocycles. The van der Waals surface area contributed by atoms with Crippen LogP contribution < -0.4 is 9.64 Å². The average molecular weight is 429 g/mol. The van der Waals surface area contributed by atoms with Crippen LogP contribution in [0.2, 0.25) is 0 Å². The summed E-state index contributed by atoms with van der Waals surface area (Å²) in [5, 5.41) is 12.1. The van der Waals surface area contributed by atoms with Gasteiger partial charge in [-0.1, -0.05) is 0 Å². The number of aliphatic hydroxyl groups is 1. The van der Waals surface area contributed by atoms with Gasteiger partial charge in [0.2, 0.25) is 5.95 Å². The highest BCUT2D eigenvalue weighted by Gasteiger charge is 2.35. The molecule has 0 spiro atoms. The van der Waals surface area contributed by atoms with Crippen molar-refractivity contribution < 1.29 is 14.2 Å². The summed E-state index contributed by atoms with van der Waals surface area (Å²) in [5.74, 6) is 1.07. The van der Waals surface area contributed by atoms with Gasteiger partial charge in [-0.15, -0.1) is 11.3 Å². The van der Waals surface area contributed by atoms with E-state index in [9.17, 15) is 9.50 Å². The molecule has 0 saturated carbocycles. The Labute approximate surface area is 179 Å². The Morgan fingerprint density at radius 2 is 1.93 bits per heavy atom. The van der Waals surface area contributed by atoms with E-state index in [2.05, 4.69) is 14.9 Å². The first-order chi connectivity index (χ1) is 14.5. The van der Waals surface area contributed by atoms with Gasteiger partial charge in [-0.3, -0.25) is 0 Å². The molecule has 2 aromatic heterocycles. The number of ether oxygens (including phenoxy) is 1. The van der Waals surface area contributed by atoms with Gasteiger partial charge in [0.05, 0.1) is 12.3 Å². The highest BCUT2D eigenvalue weighted by molar-refractivity contribution is 7.11.